The van der Waals surface area contributed by atoms with Crippen LogP contribution in [0.5, 0.6) is 5.75 Å². The third-order valence-electron chi connectivity index (χ3n) is 6.56. The van der Waals surface area contributed by atoms with Crippen molar-refractivity contribution in [1.29, 1.82) is 0 Å². The zero-order chi connectivity index (χ0) is 25.4. The SMILES string of the molecule is Cc1c(N(C2CCc3cc(OCF)ccc32)S(=O)(=O)c2ccc(C(=O)O)cc2)ncc2ccccc12. The highest BCUT2D eigenvalue weighted by Crippen LogP contribution is 2.43. The average Bonchev–Trinajstić information content (AvgIpc) is 3.28. The van der Waals surface area contributed by atoms with E-state index >= 15 is 0 Å². The van der Waals surface area contributed by atoms with E-state index in [0.29, 0.717) is 30.0 Å². The molecule has 1 aliphatic carbocycles. The number of hydrogen-bond acceptors (Lipinski definition) is 5. The van der Waals surface area contributed by atoms with Gasteiger partial charge in [0.2, 0.25) is 6.86 Å². The Hall–Kier alpha value is -3.98. The predicted molar refractivity (Wildman–Crippen MR) is 134 cm³/mol. The third kappa shape index (κ3) is 4.05. The Morgan fingerprint density at radius 1 is 1.14 bits per heavy atom. The lowest BCUT2D eigenvalue weighted by Gasteiger charge is -2.31. The summed E-state index contributed by atoms with van der Waals surface area (Å²) in [6.07, 6.45) is 2.73. The van der Waals surface area contributed by atoms with Crippen molar-refractivity contribution in [2.24, 2.45) is 0 Å². The van der Waals surface area contributed by atoms with Crippen molar-refractivity contribution in [1.82, 2.24) is 4.98 Å². The van der Waals surface area contributed by atoms with E-state index in [0.717, 1.165) is 21.9 Å². The van der Waals surface area contributed by atoms with Crippen LogP contribution in [0.1, 0.15) is 39.5 Å². The van der Waals surface area contributed by atoms with Gasteiger partial charge in [-0.15, -0.1) is 0 Å². The molecule has 0 fully saturated rings. The molecular formula is C27H23FN2O5S. The van der Waals surface area contributed by atoms with Crippen molar-refractivity contribution in [3.8, 4) is 5.75 Å². The molecule has 0 radical (unpaired) electrons. The predicted octanol–water partition coefficient (Wildman–Crippen LogP) is 5.43. The maximum Gasteiger partial charge on any atom is 0.335 e. The fourth-order valence-corrected chi connectivity index (χ4v) is 6.47. The molecule has 36 heavy (non-hydrogen) atoms. The van der Waals surface area contributed by atoms with Crippen molar-refractivity contribution in [3.05, 3.63) is 95.2 Å². The van der Waals surface area contributed by atoms with E-state index in [1.54, 1.807) is 24.4 Å². The van der Waals surface area contributed by atoms with E-state index in [1.807, 2.05) is 31.2 Å². The highest BCUT2D eigenvalue weighted by molar-refractivity contribution is 7.92. The molecule has 9 heteroatoms. The fraction of sp³-hybridized carbons (Fsp3) is 0.185. The number of alkyl halides is 1. The van der Waals surface area contributed by atoms with Gasteiger partial charge in [0.15, 0.2) is 0 Å². The third-order valence-corrected chi connectivity index (χ3v) is 8.37. The van der Waals surface area contributed by atoms with E-state index < -0.39 is 28.9 Å². The van der Waals surface area contributed by atoms with Crippen molar-refractivity contribution < 1.29 is 27.4 Å². The molecule has 1 atom stereocenters. The highest BCUT2D eigenvalue weighted by Gasteiger charge is 2.38. The number of carboxylic acid groups (broad SMARTS) is 1. The molecule has 3 aromatic carbocycles. The van der Waals surface area contributed by atoms with Gasteiger partial charge in [-0.1, -0.05) is 30.3 Å². The summed E-state index contributed by atoms with van der Waals surface area (Å²) in [5.41, 5.74) is 2.38. The summed E-state index contributed by atoms with van der Waals surface area (Å²) in [5.74, 6) is -0.451. The zero-order valence-corrected chi connectivity index (χ0v) is 20.2. The van der Waals surface area contributed by atoms with Gasteiger partial charge in [0, 0.05) is 17.1 Å². The largest absolute Gasteiger partial charge is 0.478 e. The van der Waals surface area contributed by atoms with Crippen molar-refractivity contribution in [3.63, 3.8) is 0 Å². The number of rotatable bonds is 7. The second kappa shape index (κ2) is 9.23. The first-order valence-electron chi connectivity index (χ1n) is 11.3. The lowest BCUT2D eigenvalue weighted by atomic mass is 10.1. The minimum Gasteiger partial charge on any atom is -0.478 e. The quantitative estimate of drug-likeness (QED) is 0.359. The number of carboxylic acids is 1. The van der Waals surface area contributed by atoms with Gasteiger partial charge >= 0.3 is 5.97 Å². The summed E-state index contributed by atoms with van der Waals surface area (Å²) < 4.78 is 47.3. The van der Waals surface area contributed by atoms with Crippen LogP contribution >= 0.6 is 0 Å². The van der Waals surface area contributed by atoms with Crippen LogP contribution in [0.15, 0.2) is 77.8 Å². The number of fused-ring (bicyclic) bond motifs is 2. The van der Waals surface area contributed by atoms with Crippen LogP contribution < -0.4 is 9.04 Å². The molecule has 1 unspecified atom stereocenters. The monoisotopic (exact) mass is 506 g/mol. The Bertz CT molecular complexity index is 1570. The Morgan fingerprint density at radius 3 is 2.61 bits per heavy atom. The molecule has 4 aromatic rings. The number of aromatic nitrogens is 1. The summed E-state index contributed by atoms with van der Waals surface area (Å²) >= 11 is 0. The van der Waals surface area contributed by atoms with E-state index in [2.05, 4.69) is 4.98 Å². The van der Waals surface area contributed by atoms with Crippen LogP contribution in [0, 0.1) is 6.92 Å². The second-order valence-corrected chi connectivity index (χ2v) is 10.4. The summed E-state index contributed by atoms with van der Waals surface area (Å²) in [4.78, 5) is 15.9. The molecule has 1 aromatic heterocycles. The number of benzene rings is 3. The number of halogens is 1. The number of ether oxygens (including phenoxy) is 1. The Kier molecular flexibility index (Phi) is 6.09. The molecule has 1 aliphatic rings. The van der Waals surface area contributed by atoms with Crippen LogP contribution in [-0.4, -0.2) is 31.3 Å². The molecule has 184 valence electrons. The van der Waals surface area contributed by atoms with Gasteiger partial charge < -0.3 is 9.84 Å². The minimum atomic E-state index is -4.15. The molecule has 5 rings (SSSR count). The topological polar surface area (TPSA) is 96.8 Å². The average molecular weight is 507 g/mol. The standard InChI is InChI=1S/C27H23FN2O5S/c1-17-23-5-3-2-4-20(23)15-29-26(17)30(36(33,34)22-10-6-18(7-11-22)27(31)32)25-13-8-19-14-21(35-16-28)9-12-24(19)25/h2-7,9-12,14-15,25H,8,13,16H2,1H3,(H,31,32). The fourth-order valence-electron chi connectivity index (χ4n) is 4.80. The van der Waals surface area contributed by atoms with Gasteiger partial charge in [-0.2, -0.15) is 0 Å². The molecular weight excluding hydrogens is 483 g/mol. The molecule has 1 N–H and O–H groups in total. The first-order chi connectivity index (χ1) is 17.3. The Morgan fingerprint density at radius 2 is 1.89 bits per heavy atom. The zero-order valence-electron chi connectivity index (χ0n) is 19.4. The number of pyridine rings is 1. The number of anilines is 1. The molecule has 0 saturated heterocycles. The van der Waals surface area contributed by atoms with Gasteiger partial charge in [-0.05, 0) is 72.7 Å². The first kappa shape index (κ1) is 23.7. The number of carbonyl (C=O) groups is 1. The first-order valence-corrected chi connectivity index (χ1v) is 12.8. The molecule has 0 amide bonds. The normalized spacial score (nSPS) is 15.0. The molecule has 0 bridgehead atoms. The lowest BCUT2D eigenvalue weighted by molar-refractivity contribution is 0.0696. The molecule has 0 spiro atoms. The van der Waals surface area contributed by atoms with E-state index in [4.69, 9.17) is 4.74 Å². The Labute approximate surface area is 207 Å². The van der Waals surface area contributed by atoms with Gasteiger partial charge in [0.05, 0.1) is 16.5 Å². The van der Waals surface area contributed by atoms with Gasteiger partial charge in [0.1, 0.15) is 11.6 Å². The number of nitrogens with zero attached hydrogens (tertiary/aromatic N) is 2. The van der Waals surface area contributed by atoms with Crippen LogP contribution in [-0.2, 0) is 16.4 Å². The molecule has 1 heterocycles. The Balaban J connectivity index is 1.69. The highest BCUT2D eigenvalue weighted by atomic mass is 32.2. The number of aromatic carboxylic acids is 1. The van der Waals surface area contributed by atoms with Crippen molar-refractivity contribution in [2.45, 2.75) is 30.7 Å². The van der Waals surface area contributed by atoms with Crippen LogP contribution in [0.25, 0.3) is 10.8 Å². The molecule has 0 aliphatic heterocycles. The number of hydrogen-bond donors (Lipinski definition) is 1. The van der Waals surface area contributed by atoms with Crippen molar-refractivity contribution >= 4 is 32.6 Å². The minimum absolute atomic E-state index is 0.00730. The van der Waals surface area contributed by atoms with Gasteiger partial charge in [-0.25, -0.2) is 26.9 Å². The summed E-state index contributed by atoms with van der Waals surface area (Å²) in [6, 6.07) is 17.4. The summed E-state index contributed by atoms with van der Waals surface area (Å²) in [7, 11) is -4.15. The summed E-state index contributed by atoms with van der Waals surface area (Å²) in [6.45, 7) is 0.893. The summed E-state index contributed by atoms with van der Waals surface area (Å²) in [5, 5.41) is 11.0. The smallest absolute Gasteiger partial charge is 0.335 e. The van der Waals surface area contributed by atoms with E-state index in [-0.39, 0.29) is 10.5 Å². The maximum atomic E-state index is 14.1. The van der Waals surface area contributed by atoms with Crippen LogP contribution in [0.3, 0.4) is 0 Å². The van der Waals surface area contributed by atoms with Gasteiger partial charge in [-0.3, -0.25) is 0 Å². The van der Waals surface area contributed by atoms with Crippen LogP contribution in [0.4, 0.5) is 10.2 Å². The number of sulfonamides is 1. The van der Waals surface area contributed by atoms with Gasteiger partial charge in [0.25, 0.3) is 10.0 Å². The number of aryl methyl sites for hydroxylation is 2. The van der Waals surface area contributed by atoms with E-state index in [1.165, 1.54) is 28.6 Å². The van der Waals surface area contributed by atoms with E-state index in [9.17, 15) is 22.7 Å². The lowest BCUT2D eigenvalue weighted by Crippen LogP contribution is -2.35. The van der Waals surface area contributed by atoms with Crippen LogP contribution in [0.2, 0.25) is 0 Å². The molecule has 7 nitrogen and oxygen atoms in total. The molecule has 0 saturated carbocycles. The second-order valence-electron chi connectivity index (χ2n) is 8.59. The van der Waals surface area contributed by atoms with Crippen molar-refractivity contribution in [2.75, 3.05) is 11.2 Å². The maximum absolute atomic E-state index is 14.1.